The third-order valence-electron chi connectivity index (χ3n) is 2.82. The standard InChI is InChI=1S/C14H14O2/c1-3-4-10-5-8-14(15)12-7-6-11(16-2)9-13(10)12/h3,5-10H,1,4H2,2H3. The van der Waals surface area contributed by atoms with Crippen LogP contribution in [0.5, 0.6) is 5.75 Å². The minimum atomic E-state index is 0.0676. The maximum absolute atomic E-state index is 11.7. The van der Waals surface area contributed by atoms with Gasteiger partial charge in [-0.1, -0.05) is 12.2 Å². The number of hydrogen-bond donors (Lipinski definition) is 0. The quantitative estimate of drug-likeness (QED) is 0.723. The number of rotatable bonds is 3. The van der Waals surface area contributed by atoms with Crippen molar-refractivity contribution in [2.75, 3.05) is 7.11 Å². The molecule has 0 fully saturated rings. The van der Waals surface area contributed by atoms with Gasteiger partial charge in [0.1, 0.15) is 5.75 Å². The van der Waals surface area contributed by atoms with Gasteiger partial charge in [0.2, 0.25) is 0 Å². The van der Waals surface area contributed by atoms with Crippen molar-refractivity contribution in [3.63, 3.8) is 0 Å². The normalized spacial score (nSPS) is 18.1. The first kappa shape index (κ1) is 10.7. The van der Waals surface area contributed by atoms with E-state index < -0.39 is 0 Å². The third kappa shape index (κ3) is 1.78. The zero-order valence-electron chi connectivity index (χ0n) is 9.27. The van der Waals surface area contributed by atoms with E-state index in [-0.39, 0.29) is 11.7 Å². The highest BCUT2D eigenvalue weighted by molar-refractivity contribution is 6.07. The fourth-order valence-electron chi connectivity index (χ4n) is 1.98. The Bertz CT molecular complexity index is 458. The Balaban J connectivity index is 2.48. The molecule has 1 aliphatic rings. The predicted molar refractivity (Wildman–Crippen MR) is 64.0 cm³/mol. The number of methoxy groups -OCH3 is 1. The van der Waals surface area contributed by atoms with Crippen molar-refractivity contribution < 1.29 is 9.53 Å². The summed E-state index contributed by atoms with van der Waals surface area (Å²) in [5.41, 5.74) is 1.81. The smallest absolute Gasteiger partial charge is 0.185 e. The number of carbonyl (C=O) groups excluding carboxylic acids is 1. The Morgan fingerprint density at radius 2 is 2.31 bits per heavy atom. The predicted octanol–water partition coefficient (Wildman–Crippen LogP) is 3.11. The number of benzene rings is 1. The van der Waals surface area contributed by atoms with Gasteiger partial charge < -0.3 is 4.74 Å². The van der Waals surface area contributed by atoms with Crippen LogP contribution in [0.15, 0.2) is 43.0 Å². The van der Waals surface area contributed by atoms with Crippen molar-refractivity contribution in [3.8, 4) is 5.75 Å². The molecule has 0 radical (unpaired) electrons. The fraction of sp³-hybridized carbons (Fsp3) is 0.214. The van der Waals surface area contributed by atoms with Gasteiger partial charge in [-0.25, -0.2) is 0 Å². The molecule has 82 valence electrons. The lowest BCUT2D eigenvalue weighted by molar-refractivity contribution is 0.104. The molecule has 1 aliphatic carbocycles. The molecule has 2 heteroatoms. The van der Waals surface area contributed by atoms with Crippen LogP contribution in [0.4, 0.5) is 0 Å². The molecular formula is C14H14O2. The molecule has 1 unspecified atom stereocenters. The van der Waals surface area contributed by atoms with Gasteiger partial charge in [0.25, 0.3) is 0 Å². The van der Waals surface area contributed by atoms with Crippen molar-refractivity contribution in [2.24, 2.45) is 0 Å². The van der Waals surface area contributed by atoms with Crippen molar-refractivity contribution in [1.82, 2.24) is 0 Å². The minimum Gasteiger partial charge on any atom is -0.497 e. The van der Waals surface area contributed by atoms with Gasteiger partial charge in [-0.15, -0.1) is 6.58 Å². The van der Waals surface area contributed by atoms with E-state index in [1.807, 2.05) is 30.4 Å². The lowest BCUT2D eigenvalue weighted by atomic mass is 9.85. The maximum Gasteiger partial charge on any atom is 0.185 e. The van der Waals surface area contributed by atoms with Gasteiger partial charge in [0.15, 0.2) is 5.78 Å². The molecule has 0 aromatic heterocycles. The summed E-state index contributed by atoms with van der Waals surface area (Å²) in [6.45, 7) is 3.74. The average molecular weight is 214 g/mol. The van der Waals surface area contributed by atoms with Crippen LogP contribution in [0.2, 0.25) is 0 Å². The summed E-state index contributed by atoms with van der Waals surface area (Å²) in [7, 11) is 1.63. The molecule has 1 aromatic carbocycles. The summed E-state index contributed by atoms with van der Waals surface area (Å²) in [6.07, 6.45) is 6.28. The summed E-state index contributed by atoms with van der Waals surface area (Å²) in [4.78, 5) is 11.7. The third-order valence-corrected chi connectivity index (χ3v) is 2.82. The van der Waals surface area contributed by atoms with Gasteiger partial charge >= 0.3 is 0 Å². The molecule has 0 bridgehead atoms. The lowest BCUT2D eigenvalue weighted by Gasteiger charge is -2.19. The van der Waals surface area contributed by atoms with Gasteiger partial charge in [-0.3, -0.25) is 4.79 Å². The van der Waals surface area contributed by atoms with E-state index in [1.165, 1.54) is 0 Å². The van der Waals surface area contributed by atoms with Crippen molar-refractivity contribution in [1.29, 1.82) is 0 Å². The molecule has 0 spiro atoms. The zero-order valence-corrected chi connectivity index (χ0v) is 9.27. The second-order valence-electron chi connectivity index (χ2n) is 3.81. The summed E-state index contributed by atoms with van der Waals surface area (Å²) in [5.74, 6) is 1.09. The molecule has 1 atom stereocenters. The highest BCUT2D eigenvalue weighted by Gasteiger charge is 2.20. The molecule has 16 heavy (non-hydrogen) atoms. The van der Waals surface area contributed by atoms with Crippen LogP contribution in [0.25, 0.3) is 0 Å². The van der Waals surface area contributed by atoms with Crippen molar-refractivity contribution in [2.45, 2.75) is 12.3 Å². The van der Waals surface area contributed by atoms with Crippen LogP contribution in [-0.2, 0) is 0 Å². The first-order valence-electron chi connectivity index (χ1n) is 5.27. The highest BCUT2D eigenvalue weighted by Crippen LogP contribution is 2.32. The van der Waals surface area contributed by atoms with E-state index in [4.69, 9.17) is 4.74 Å². The van der Waals surface area contributed by atoms with Crippen LogP contribution in [0, 0.1) is 0 Å². The topological polar surface area (TPSA) is 26.3 Å². The number of fused-ring (bicyclic) bond motifs is 1. The molecule has 1 aromatic rings. The maximum atomic E-state index is 11.7. The molecular weight excluding hydrogens is 200 g/mol. The Labute approximate surface area is 95.2 Å². The summed E-state index contributed by atoms with van der Waals surface area (Å²) >= 11 is 0. The van der Waals surface area contributed by atoms with Gasteiger partial charge in [0.05, 0.1) is 7.11 Å². The number of ether oxygens (including phenoxy) is 1. The zero-order chi connectivity index (χ0) is 11.5. The van der Waals surface area contributed by atoms with E-state index in [1.54, 1.807) is 13.2 Å². The van der Waals surface area contributed by atoms with E-state index in [0.29, 0.717) is 0 Å². The number of carbonyl (C=O) groups is 1. The van der Waals surface area contributed by atoms with Gasteiger partial charge in [-0.05, 0) is 36.3 Å². The Kier molecular flexibility index (Phi) is 2.91. The first-order chi connectivity index (χ1) is 7.76. The Morgan fingerprint density at radius 3 is 3.00 bits per heavy atom. The van der Waals surface area contributed by atoms with E-state index in [9.17, 15) is 4.79 Å². The summed E-state index contributed by atoms with van der Waals surface area (Å²) < 4.78 is 5.18. The molecule has 0 saturated carbocycles. The van der Waals surface area contributed by atoms with Crippen LogP contribution in [0.3, 0.4) is 0 Å². The first-order valence-corrected chi connectivity index (χ1v) is 5.27. The highest BCUT2D eigenvalue weighted by atomic mass is 16.5. The SMILES string of the molecule is C=CCC1C=CC(=O)c2ccc(OC)cc21. The van der Waals surface area contributed by atoms with E-state index >= 15 is 0 Å². The molecule has 0 amide bonds. The largest absolute Gasteiger partial charge is 0.497 e. The van der Waals surface area contributed by atoms with Crippen molar-refractivity contribution in [3.05, 3.63) is 54.1 Å². The van der Waals surface area contributed by atoms with Crippen molar-refractivity contribution >= 4 is 5.78 Å². The Hall–Kier alpha value is -1.83. The summed E-state index contributed by atoms with van der Waals surface area (Å²) in [6, 6.07) is 5.59. The summed E-state index contributed by atoms with van der Waals surface area (Å²) in [5, 5.41) is 0. The average Bonchev–Trinajstić information content (AvgIpc) is 2.32. The molecule has 0 aliphatic heterocycles. The van der Waals surface area contributed by atoms with Gasteiger partial charge in [-0.2, -0.15) is 0 Å². The van der Waals surface area contributed by atoms with Crippen LogP contribution < -0.4 is 4.74 Å². The second-order valence-corrected chi connectivity index (χ2v) is 3.81. The number of ketones is 1. The monoisotopic (exact) mass is 214 g/mol. The van der Waals surface area contributed by atoms with Crippen LogP contribution in [-0.4, -0.2) is 12.9 Å². The second kappa shape index (κ2) is 4.35. The van der Waals surface area contributed by atoms with Gasteiger partial charge in [0, 0.05) is 11.5 Å². The van der Waals surface area contributed by atoms with Crippen LogP contribution in [0.1, 0.15) is 28.3 Å². The molecule has 2 nitrogen and oxygen atoms in total. The molecule has 0 heterocycles. The molecule has 0 N–H and O–H groups in total. The Morgan fingerprint density at radius 1 is 1.50 bits per heavy atom. The van der Waals surface area contributed by atoms with E-state index in [0.717, 1.165) is 23.3 Å². The minimum absolute atomic E-state index is 0.0676. The number of allylic oxidation sites excluding steroid dienone is 3. The molecule has 0 saturated heterocycles. The lowest BCUT2D eigenvalue weighted by Crippen LogP contribution is -2.10. The fourth-order valence-corrected chi connectivity index (χ4v) is 1.98. The van der Waals surface area contributed by atoms with Crippen LogP contribution >= 0.6 is 0 Å². The molecule has 2 rings (SSSR count). The van der Waals surface area contributed by atoms with E-state index in [2.05, 4.69) is 6.58 Å². The number of hydrogen-bond acceptors (Lipinski definition) is 2.